The van der Waals surface area contributed by atoms with Crippen molar-refractivity contribution in [1.29, 1.82) is 0 Å². The maximum atomic E-state index is 12.0. The van der Waals surface area contributed by atoms with Crippen molar-refractivity contribution in [3.8, 4) is 0 Å². The quantitative estimate of drug-likeness (QED) is 0.446. The van der Waals surface area contributed by atoms with E-state index in [0.29, 0.717) is 0 Å². The molecule has 124 valence electrons. The van der Waals surface area contributed by atoms with Crippen molar-refractivity contribution < 1.29 is 28.8 Å². The molecule has 0 saturated carbocycles. The normalized spacial score (nSPS) is 9.87. The summed E-state index contributed by atoms with van der Waals surface area (Å²) < 4.78 is 9.31. The molecule has 0 unspecified atom stereocenters. The number of rotatable bonds is 6. The van der Waals surface area contributed by atoms with Gasteiger partial charge in [-0.3, -0.25) is 19.8 Å². The summed E-state index contributed by atoms with van der Waals surface area (Å²) in [5, 5.41) is 11.2. The third-order valence-corrected chi connectivity index (χ3v) is 2.75. The zero-order valence-electron chi connectivity index (χ0n) is 12.9. The second kappa shape index (κ2) is 7.87. The maximum absolute atomic E-state index is 12.0. The summed E-state index contributed by atoms with van der Waals surface area (Å²) >= 11 is 0. The van der Waals surface area contributed by atoms with E-state index >= 15 is 0 Å². The van der Waals surface area contributed by atoms with Crippen LogP contribution in [0.5, 0.6) is 0 Å². The van der Waals surface area contributed by atoms with Crippen LogP contribution in [0.4, 0.5) is 16.2 Å². The Kier molecular flexibility index (Phi) is 6.19. The molecule has 0 aromatic heterocycles. The van der Waals surface area contributed by atoms with Crippen molar-refractivity contribution in [1.82, 2.24) is 0 Å². The molecule has 1 aromatic rings. The van der Waals surface area contributed by atoms with Crippen molar-refractivity contribution >= 4 is 29.2 Å². The zero-order chi connectivity index (χ0) is 17.6. The predicted octanol–water partition coefficient (Wildman–Crippen LogP) is 1.93. The number of nitro groups is 1. The van der Waals surface area contributed by atoms with Crippen LogP contribution < -0.4 is 4.90 Å². The summed E-state index contributed by atoms with van der Waals surface area (Å²) in [6, 6.07) is 3.44. The third-order valence-electron chi connectivity index (χ3n) is 2.75. The summed E-state index contributed by atoms with van der Waals surface area (Å²) in [5.41, 5.74) is -0.701. The lowest BCUT2D eigenvalue weighted by atomic mass is 10.1. The van der Waals surface area contributed by atoms with E-state index in [1.807, 2.05) is 0 Å². The van der Waals surface area contributed by atoms with Crippen LogP contribution in [0.1, 0.15) is 24.2 Å². The van der Waals surface area contributed by atoms with Gasteiger partial charge in [-0.15, -0.1) is 0 Å². The molecule has 0 aliphatic carbocycles. The van der Waals surface area contributed by atoms with Crippen LogP contribution in [0, 0.1) is 10.1 Å². The largest absolute Gasteiger partial charge is 0.465 e. The Balaban J connectivity index is 3.39. The van der Waals surface area contributed by atoms with Crippen molar-refractivity contribution in [3.05, 3.63) is 33.9 Å². The summed E-state index contributed by atoms with van der Waals surface area (Å²) in [7, 11) is 1.14. The van der Waals surface area contributed by atoms with Crippen LogP contribution in [-0.2, 0) is 14.3 Å². The SMILES string of the molecule is CCOC(=O)N(CC(C)=O)c1ccc(C(=O)OC)cc1[N+](=O)[O-]. The highest BCUT2D eigenvalue weighted by Crippen LogP contribution is 2.30. The number of carbonyl (C=O) groups excluding carboxylic acids is 3. The smallest absolute Gasteiger partial charge is 0.414 e. The first kappa shape index (κ1) is 18.1. The number of esters is 1. The minimum absolute atomic E-state index is 0.0429. The number of carbonyl (C=O) groups is 3. The Labute approximate surface area is 131 Å². The van der Waals surface area contributed by atoms with Gasteiger partial charge in [0.1, 0.15) is 11.5 Å². The average molecular weight is 324 g/mol. The molecular formula is C14H16N2O7. The minimum atomic E-state index is -0.892. The van der Waals surface area contributed by atoms with Crippen LogP contribution in [-0.4, -0.2) is 43.0 Å². The van der Waals surface area contributed by atoms with E-state index in [9.17, 15) is 24.5 Å². The molecule has 0 bridgehead atoms. The van der Waals surface area contributed by atoms with Gasteiger partial charge in [0.2, 0.25) is 0 Å². The lowest BCUT2D eigenvalue weighted by molar-refractivity contribution is -0.384. The highest BCUT2D eigenvalue weighted by molar-refractivity contribution is 5.98. The van der Waals surface area contributed by atoms with Gasteiger partial charge in [-0.25, -0.2) is 9.59 Å². The van der Waals surface area contributed by atoms with E-state index in [-0.39, 0.29) is 23.6 Å². The molecule has 9 heteroatoms. The van der Waals surface area contributed by atoms with Gasteiger partial charge < -0.3 is 9.47 Å². The molecule has 0 aliphatic rings. The Morgan fingerprint density at radius 2 is 1.96 bits per heavy atom. The van der Waals surface area contributed by atoms with Crippen LogP contribution in [0.15, 0.2) is 18.2 Å². The summed E-state index contributed by atoms with van der Waals surface area (Å²) in [4.78, 5) is 46.1. The highest BCUT2D eigenvalue weighted by Gasteiger charge is 2.27. The van der Waals surface area contributed by atoms with Crippen LogP contribution in [0.25, 0.3) is 0 Å². The van der Waals surface area contributed by atoms with Gasteiger partial charge in [0, 0.05) is 6.07 Å². The number of ether oxygens (including phenoxy) is 2. The van der Waals surface area contributed by atoms with E-state index in [4.69, 9.17) is 4.74 Å². The molecule has 1 rings (SSSR count). The van der Waals surface area contributed by atoms with Gasteiger partial charge in [-0.1, -0.05) is 0 Å². The molecule has 0 fully saturated rings. The average Bonchev–Trinajstić information content (AvgIpc) is 2.51. The lowest BCUT2D eigenvalue weighted by Gasteiger charge is -2.20. The van der Waals surface area contributed by atoms with E-state index < -0.39 is 29.2 Å². The number of amides is 1. The fraction of sp³-hybridized carbons (Fsp3) is 0.357. The fourth-order valence-corrected chi connectivity index (χ4v) is 1.81. The topological polar surface area (TPSA) is 116 Å². The van der Waals surface area contributed by atoms with Gasteiger partial charge in [0.25, 0.3) is 5.69 Å². The molecule has 0 heterocycles. The number of nitro benzene ring substituents is 1. The number of hydrogen-bond donors (Lipinski definition) is 0. The number of benzene rings is 1. The summed E-state index contributed by atoms with van der Waals surface area (Å²) in [6.45, 7) is 2.46. The van der Waals surface area contributed by atoms with Gasteiger partial charge in [0.15, 0.2) is 0 Å². The van der Waals surface area contributed by atoms with Gasteiger partial charge >= 0.3 is 12.1 Å². The van der Waals surface area contributed by atoms with Gasteiger partial charge in [-0.2, -0.15) is 0 Å². The molecule has 0 radical (unpaired) electrons. The van der Waals surface area contributed by atoms with Crippen LogP contribution >= 0.6 is 0 Å². The van der Waals surface area contributed by atoms with Crippen LogP contribution in [0.2, 0.25) is 0 Å². The monoisotopic (exact) mass is 324 g/mol. The number of anilines is 1. The van der Waals surface area contributed by atoms with E-state index in [0.717, 1.165) is 18.1 Å². The fourth-order valence-electron chi connectivity index (χ4n) is 1.81. The first-order chi connectivity index (χ1) is 10.8. The summed E-state index contributed by atoms with van der Waals surface area (Å²) in [6.07, 6.45) is -0.892. The first-order valence-electron chi connectivity index (χ1n) is 6.62. The molecular weight excluding hydrogens is 308 g/mol. The van der Waals surface area contributed by atoms with Crippen LogP contribution in [0.3, 0.4) is 0 Å². The first-order valence-corrected chi connectivity index (χ1v) is 6.62. The molecule has 0 spiro atoms. The maximum Gasteiger partial charge on any atom is 0.414 e. The van der Waals surface area contributed by atoms with Gasteiger partial charge in [-0.05, 0) is 26.0 Å². The molecule has 23 heavy (non-hydrogen) atoms. The number of nitrogens with zero attached hydrogens (tertiary/aromatic N) is 2. The Hall–Kier alpha value is -2.97. The molecule has 0 aliphatic heterocycles. The number of hydrogen-bond acceptors (Lipinski definition) is 7. The van der Waals surface area contributed by atoms with E-state index in [2.05, 4.69) is 4.74 Å². The molecule has 1 aromatic carbocycles. The second-order valence-electron chi connectivity index (χ2n) is 4.44. The minimum Gasteiger partial charge on any atom is -0.465 e. The van der Waals surface area contributed by atoms with Crippen molar-refractivity contribution in [2.24, 2.45) is 0 Å². The van der Waals surface area contributed by atoms with Crippen molar-refractivity contribution in [2.75, 3.05) is 25.2 Å². The predicted molar refractivity (Wildman–Crippen MR) is 79.5 cm³/mol. The van der Waals surface area contributed by atoms with E-state index in [1.54, 1.807) is 6.92 Å². The number of methoxy groups -OCH3 is 1. The molecule has 0 N–H and O–H groups in total. The standard InChI is InChI=1S/C14H16N2O7/c1-4-23-14(19)15(8-9(2)17)11-6-5-10(13(18)22-3)7-12(11)16(20)21/h5-7H,4,8H2,1-3H3. The molecule has 0 atom stereocenters. The summed E-state index contributed by atoms with van der Waals surface area (Å²) in [5.74, 6) is -1.14. The third kappa shape index (κ3) is 4.50. The Morgan fingerprint density at radius 1 is 1.30 bits per heavy atom. The number of ketones is 1. The highest BCUT2D eigenvalue weighted by atomic mass is 16.6. The molecule has 9 nitrogen and oxygen atoms in total. The molecule has 0 saturated heterocycles. The Morgan fingerprint density at radius 3 is 2.43 bits per heavy atom. The Bertz CT molecular complexity index is 642. The second-order valence-corrected chi connectivity index (χ2v) is 4.44. The van der Waals surface area contributed by atoms with Crippen molar-refractivity contribution in [2.45, 2.75) is 13.8 Å². The lowest BCUT2D eigenvalue weighted by Crippen LogP contribution is -2.36. The number of Topliss-reactive ketones (excluding diaryl/α,β-unsaturated/α-hetero) is 1. The zero-order valence-corrected chi connectivity index (χ0v) is 12.9. The molecule has 1 amide bonds. The van der Waals surface area contributed by atoms with Gasteiger partial charge in [0.05, 0.1) is 30.7 Å². The van der Waals surface area contributed by atoms with Crippen molar-refractivity contribution in [3.63, 3.8) is 0 Å². The van der Waals surface area contributed by atoms with E-state index in [1.165, 1.54) is 19.1 Å².